The van der Waals surface area contributed by atoms with E-state index in [0.29, 0.717) is 5.92 Å². The van der Waals surface area contributed by atoms with Crippen molar-refractivity contribution in [2.24, 2.45) is 17.8 Å². The van der Waals surface area contributed by atoms with Crippen molar-refractivity contribution in [1.29, 1.82) is 0 Å². The molecule has 1 aliphatic rings. The van der Waals surface area contributed by atoms with Crippen molar-refractivity contribution in [3.05, 3.63) is 24.3 Å². The minimum Gasteiger partial charge on any atom is -0.0773 e. The Morgan fingerprint density at radius 3 is 1.90 bits per heavy atom. The smallest absolute Gasteiger partial charge is 0.00192 e. The zero-order chi connectivity index (χ0) is 7.56. The summed E-state index contributed by atoms with van der Waals surface area (Å²) in [6.45, 7) is 6.88. The Morgan fingerprint density at radius 2 is 1.50 bits per heavy atom. The van der Waals surface area contributed by atoms with Gasteiger partial charge in [-0.1, -0.05) is 45.1 Å². The molecule has 0 radical (unpaired) electrons. The fourth-order valence-electron chi connectivity index (χ4n) is 1.24. The van der Waals surface area contributed by atoms with Gasteiger partial charge >= 0.3 is 0 Å². The molecule has 1 atom stereocenters. The second-order valence-electron chi connectivity index (χ2n) is 3.45. The lowest BCUT2D eigenvalue weighted by atomic mass is 9.86. The van der Waals surface area contributed by atoms with Gasteiger partial charge in [0, 0.05) is 0 Å². The molecular formula is C10H16. The second-order valence-corrected chi connectivity index (χ2v) is 3.45. The Kier molecular flexibility index (Phi) is 2.31. The Balaban J connectivity index is 2.49. The third kappa shape index (κ3) is 1.50. The topological polar surface area (TPSA) is 0 Å². The summed E-state index contributed by atoms with van der Waals surface area (Å²) >= 11 is 0. The molecule has 1 unspecified atom stereocenters. The van der Waals surface area contributed by atoms with Gasteiger partial charge in [0.25, 0.3) is 0 Å². The zero-order valence-electron chi connectivity index (χ0n) is 7.04. The average molecular weight is 136 g/mol. The van der Waals surface area contributed by atoms with Crippen LogP contribution >= 0.6 is 0 Å². The van der Waals surface area contributed by atoms with Crippen LogP contribution in [0.15, 0.2) is 24.3 Å². The van der Waals surface area contributed by atoms with Gasteiger partial charge in [-0.05, 0) is 17.8 Å². The Hall–Kier alpha value is -0.520. The minimum atomic E-state index is 0.694. The molecule has 0 aromatic heterocycles. The van der Waals surface area contributed by atoms with Crippen LogP contribution in [-0.2, 0) is 0 Å². The summed E-state index contributed by atoms with van der Waals surface area (Å²) < 4.78 is 0. The van der Waals surface area contributed by atoms with Crippen molar-refractivity contribution in [3.8, 4) is 0 Å². The maximum Gasteiger partial charge on any atom is -0.00192 e. The summed E-state index contributed by atoms with van der Waals surface area (Å²) in [5.74, 6) is 2.27. The fourth-order valence-corrected chi connectivity index (χ4v) is 1.24. The van der Waals surface area contributed by atoms with Gasteiger partial charge < -0.3 is 0 Å². The van der Waals surface area contributed by atoms with Gasteiger partial charge in [-0.25, -0.2) is 0 Å². The first-order valence-electron chi connectivity index (χ1n) is 4.07. The summed E-state index contributed by atoms with van der Waals surface area (Å²) in [6.07, 6.45) is 8.85. The van der Waals surface area contributed by atoms with E-state index in [2.05, 4.69) is 45.1 Å². The molecule has 0 heterocycles. The van der Waals surface area contributed by atoms with E-state index in [1.54, 1.807) is 0 Å². The molecule has 0 fully saturated rings. The molecule has 1 aliphatic carbocycles. The number of hydrogen-bond acceptors (Lipinski definition) is 0. The van der Waals surface area contributed by atoms with E-state index in [0.717, 1.165) is 11.8 Å². The minimum absolute atomic E-state index is 0.694. The first kappa shape index (κ1) is 7.59. The molecule has 0 N–H and O–H groups in total. The third-order valence-electron chi connectivity index (χ3n) is 2.44. The number of hydrogen-bond donors (Lipinski definition) is 0. The molecule has 0 saturated carbocycles. The van der Waals surface area contributed by atoms with E-state index < -0.39 is 0 Å². The molecule has 0 spiro atoms. The van der Waals surface area contributed by atoms with E-state index in [-0.39, 0.29) is 0 Å². The maximum atomic E-state index is 2.31. The molecule has 0 nitrogen and oxygen atoms in total. The van der Waals surface area contributed by atoms with Crippen molar-refractivity contribution in [1.82, 2.24) is 0 Å². The van der Waals surface area contributed by atoms with E-state index in [1.165, 1.54) is 0 Å². The Labute approximate surface area is 63.6 Å². The zero-order valence-corrected chi connectivity index (χ0v) is 7.04. The molecule has 1 rings (SSSR count). The molecule has 10 heavy (non-hydrogen) atoms. The highest BCUT2D eigenvalue weighted by Gasteiger charge is 2.15. The standard InChI is InChI=1S/C10H16/c1-8(2)9(3)10-6-4-5-7-10/h4-10H,1-3H3. The van der Waals surface area contributed by atoms with Crippen LogP contribution in [0.25, 0.3) is 0 Å². The predicted molar refractivity (Wildman–Crippen MR) is 45.8 cm³/mol. The Bertz CT molecular complexity index is 139. The van der Waals surface area contributed by atoms with E-state index >= 15 is 0 Å². The van der Waals surface area contributed by atoms with Crippen LogP contribution in [0.4, 0.5) is 0 Å². The molecule has 0 amide bonds. The summed E-state index contributed by atoms with van der Waals surface area (Å²) in [4.78, 5) is 0. The predicted octanol–water partition coefficient (Wildman–Crippen LogP) is 3.02. The van der Waals surface area contributed by atoms with Gasteiger partial charge in [-0.15, -0.1) is 0 Å². The lowest BCUT2D eigenvalue weighted by Crippen LogP contribution is -2.11. The van der Waals surface area contributed by atoms with Crippen LogP contribution in [0, 0.1) is 17.8 Å². The van der Waals surface area contributed by atoms with Crippen LogP contribution in [0.3, 0.4) is 0 Å². The number of rotatable bonds is 2. The average Bonchev–Trinajstić information content (AvgIpc) is 2.36. The van der Waals surface area contributed by atoms with Crippen molar-refractivity contribution in [2.45, 2.75) is 20.8 Å². The maximum absolute atomic E-state index is 2.31. The largest absolute Gasteiger partial charge is 0.0773 e. The normalized spacial score (nSPS) is 20.8. The molecule has 56 valence electrons. The van der Waals surface area contributed by atoms with E-state index in [9.17, 15) is 0 Å². The second kappa shape index (κ2) is 3.05. The monoisotopic (exact) mass is 136 g/mol. The fraction of sp³-hybridized carbons (Fsp3) is 0.600. The molecule has 0 bridgehead atoms. The summed E-state index contributed by atoms with van der Waals surface area (Å²) in [7, 11) is 0. The van der Waals surface area contributed by atoms with Gasteiger partial charge in [0.1, 0.15) is 0 Å². The molecule has 0 aromatic carbocycles. The molecule has 0 aromatic rings. The van der Waals surface area contributed by atoms with Gasteiger partial charge in [-0.2, -0.15) is 0 Å². The van der Waals surface area contributed by atoms with Crippen LogP contribution in [0.2, 0.25) is 0 Å². The van der Waals surface area contributed by atoms with Gasteiger partial charge in [0.15, 0.2) is 0 Å². The summed E-state index contributed by atoms with van der Waals surface area (Å²) in [6, 6.07) is 0. The number of allylic oxidation sites excluding steroid dienone is 4. The SMILES string of the molecule is CC(C)C(C)C1C=CC=C1. The van der Waals surface area contributed by atoms with Crippen LogP contribution in [0.5, 0.6) is 0 Å². The van der Waals surface area contributed by atoms with E-state index in [1.807, 2.05) is 0 Å². The molecule has 0 aliphatic heterocycles. The van der Waals surface area contributed by atoms with Crippen molar-refractivity contribution < 1.29 is 0 Å². The quantitative estimate of drug-likeness (QED) is 0.547. The lowest BCUT2D eigenvalue weighted by Gasteiger charge is -2.19. The highest BCUT2D eigenvalue weighted by molar-refractivity contribution is 5.18. The van der Waals surface area contributed by atoms with Crippen LogP contribution < -0.4 is 0 Å². The molecule has 0 heteroatoms. The highest BCUT2D eigenvalue weighted by Crippen LogP contribution is 2.25. The van der Waals surface area contributed by atoms with E-state index in [4.69, 9.17) is 0 Å². The van der Waals surface area contributed by atoms with Gasteiger partial charge in [0.05, 0.1) is 0 Å². The summed E-state index contributed by atoms with van der Waals surface area (Å²) in [5.41, 5.74) is 0. The summed E-state index contributed by atoms with van der Waals surface area (Å²) in [5, 5.41) is 0. The molecule has 0 saturated heterocycles. The highest BCUT2D eigenvalue weighted by atomic mass is 14.2. The van der Waals surface area contributed by atoms with Crippen molar-refractivity contribution in [3.63, 3.8) is 0 Å². The van der Waals surface area contributed by atoms with Gasteiger partial charge in [-0.3, -0.25) is 0 Å². The van der Waals surface area contributed by atoms with Crippen molar-refractivity contribution >= 4 is 0 Å². The van der Waals surface area contributed by atoms with Crippen LogP contribution in [0.1, 0.15) is 20.8 Å². The third-order valence-corrected chi connectivity index (χ3v) is 2.44. The molecular weight excluding hydrogens is 120 g/mol. The van der Waals surface area contributed by atoms with Crippen LogP contribution in [-0.4, -0.2) is 0 Å². The lowest BCUT2D eigenvalue weighted by molar-refractivity contribution is 0.368. The Morgan fingerprint density at radius 1 is 1.00 bits per heavy atom. The van der Waals surface area contributed by atoms with Crippen molar-refractivity contribution in [2.75, 3.05) is 0 Å². The first-order valence-corrected chi connectivity index (χ1v) is 4.07. The van der Waals surface area contributed by atoms with Gasteiger partial charge in [0.2, 0.25) is 0 Å². The first-order chi connectivity index (χ1) is 4.72.